The van der Waals surface area contributed by atoms with Gasteiger partial charge in [-0.3, -0.25) is 0 Å². The van der Waals surface area contributed by atoms with Crippen LogP contribution in [0.1, 0.15) is 6.92 Å². The normalized spacial score (nSPS) is 13.0. The van der Waals surface area contributed by atoms with Gasteiger partial charge in [-0.2, -0.15) is 0 Å². The van der Waals surface area contributed by atoms with Crippen LogP contribution in [-0.4, -0.2) is 15.4 Å². The van der Waals surface area contributed by atoms with Gasteiger partial charge in [-0.15, -0.1) is 5.11 Å². The van der Waals surface area contributed by atoms with E-state index in [1.165, 1.54) is 0 Å². The van der Waals surface area contributed by atoms with Gasteiger partial charge in [0.2, 0.25) is 0 Å². The van der Waals surface area contributed by atoms with Crippen molar-refractivity contribution < 1.29 is 13.5 Å². The summed E-state index contributed by atoms with van der Waals surface area (Å²) in [6.45, 7) is 2.47. The molecule has 0 amide bonds. The summed E-state index contributed by atoms with van der Waals surface area (Å²) in [5.41, 5.74) is 0.470. The highest BCUT2D eigenvalue weighted by Crippen LogP contribution is 2.18. The van der Waals surface area contributed by atoms with Crippen molar-refractivity contribution in [3.63, 3.8) is 0 Å². The molecule has 1 atom stereocenters. The van der Waals surface area contributed by atoms with Crippen molar-refractivity contribution in [2.45, 2.75) is 6.92 Å². The standard InChI is InChI=1S/C8H10N2O3S/c1-2-13-8-5-3-7(4-6-8)9-10-14(11)12/h3-6H,2H2,1H3,(H,11,12)/p-1. The maximum atomic E-state index is 10.1. The Kier molecular flexibility index (Phi) is 4.21. The molecule has 1 aromatic carbocycles. The summed E-state index contributed by atoms with van der Waals surface area (Å²) in [6.07, 6.45) is 0. The molecule has 14 heavy (non-hydrogen) atoms. The maximum absolute atomic E-state index is 10.1. The van der Waals surface area contributed by atoms with Crippen molar-refractivity contribution in [1.82, 2.24) is 0 Å². The van der Waals surface area contributed by atoms with Crippen LogP contribution in [0.5, 0.6) is 5.75 Å². The average Bonchev–Trinajstić information content (AvgIpc) is 2.17. The van der Waals surface area contributed by atoms with E-state index < -0.39 is 11.3 Å². The third kappa shape index (κ3) is 3.63. The molecule has 0 spiro atoms. The van der Waals surface area contributed by atoms with E-state index in [1.807, 2.05) is 6.92 Å². The number of hydrogen-bond donors (Lipinski definition) is 0. The van der Waals surface area contributed by atoms with Gasteiger partial charge < -0.3 is 9.29 Å². The van der Waals surface area contributed by atoms with E-state index in [2.05, 4.69) is 9.63 Å². The minimum absolute atomic E-state index is 0.470. The Morgan fingerprint density at radius 2 is 2.07 bits per heavy atom. The molecule has 0 radical (unpaired) electrons. The van der Waals surface area contributed by atoms with Gasteiger partial charge in [0.25, 0.3) is 0 Å². The molecule has 0 aromatic heterocycles. The molecule has 0 saturated carbocycles. The van der Waals surface area contributed by atoms with Gasteiger partial charge >= 0.3 is 0 Å². The highest BCUT2D eigenvalue weighted by molar-refractivity contribution is 7.77. The Labute approximate surface area is 84.2 Å². The smallest absolute Gasteiger partial charge is 0.119 e. The molecule has 0 heterocycles. The van der Waals surface area contributed by atoms with Crippen molar-refractivity contribution in [1.29, 1.82) is 0 Å². The second-order valence-electron chi connectivity index (χ2n) is 2.33. The number of hydrogen-bond acceptors (Lipinski definition) is 4. The largest absolute Gasteiger partial charge is 0.752 e. The molecular weight excluding hydrogens is 204 g/mol. The summed E-state index contributed by atoms with van der Waals surface area (Å²) < 4.78 is 28.3. The summed E-state index contributed by atoms with van der Waals surface area (Å²) in [4.78, 5) is 0. The minimum atomic E-state index is -2.50. The summed E-state index contributed by atoms with van der Waals surface area (Å²) >= 11 is -2.50. The highest BCUT2D eigenvalue weighted by atomic mass is 32.2. The first-order valence-electron chi connectivity index (χ1n) is 3.96. The second kappa shape index (κ2) is 5.46. The van der Waals surface area contributed by atoms with Crippen LogP contribution in [0.2, 0.25) is 0 Å². The van der Waals surface area contributed by atoms with Crippen LogP contribution >= 0.6 is 0 Å². The minimum Gasteiger partial charge on any atom is -0.752 e. The van der Waals surface area contributed by atoms with Crippen LogP contribution in [-0.2, 0) is 11.3 Å². The SMILES string of the molecule is CCOc1ccc(N=NS(=O)[O-])cc1. The molecule has 0 N–H and O–H groups in total. The monoisotopic (exact) mass is 213 g/mol. The number of benzene rings is 1. The van der Waals surface area contributed by atoms with Crippen molar-refractivity contribution in [2.75, 3.05) is 6.61 Å². The van der Waals surface area contributed by atoms with E-state index in [9.17, 15) is 8.76 Å². The Morgan fingerprint density at radius 1 is 1.43 bits per heavy atom. The molecule has 0 saturated heterocycles. The van der Waals surface area contributed by atoms with Crippen LogP contribution in [0.3, 0.4) is 0 Å². The van der Waals surface area contributed by atoms with Gasteiger partial charge in [0.05, 0.1) is 23.6 Å². The van der Waals surface area contributed by atoms with Crippen LogP contribution in [0.15, 0.2) is 33.9 Å². The Hall–Kier alpha value is -1.27. The Morgan fingerprint density at radius 3 is 2.57 bits per heavy atom. The third-order valence-electron chi connectivity index (χ3n) is 1.37. The lowest BCUT2D eigenvalue weighted by Crippen LogP contribution is -1.89. The molecule has 76 valence electrons. The molecule has 0 bridgehead atoms. The van der Waals surface area contributed by atoms with Crippen molar-refractivity contribution in [3.05, 3.63) is 24.3 Å². The van der Waals surface area contributed by atoms with Gasteiger partial charge in [-0.25, -0.2) is 4.21 Å². The van der Waals surface area contributed by atoms with E-state index in [1.54, 1.807) is 24.3 Å². The summed E-state index contributed by atoms with van der Waals surface area (Å²) in [5.74, 6) is 0.717. The lowest BCUT2D eigenvalue weighted by atomic mass is 10.3. The van der Waals surface area contributed by atoms with Gasteiger partial charge in [-0.1, -0.05) is 4.52 Å². The first kappa shape index (κ1) is 10.8. The molecule has 6 heteroatoms. The molecule has 0 aliphatic rings. The molecule has 0 aliphatic heterocycles. The third-order valence-corrected chi connectivity index (χ3v) is 1.59. The predicted octanol–water partition coefficient (Wildman–Crippen LogP) is 1.96. The van der Waals surface area contributed by atoms with E-state index in [0.717, 1.165) is 5.75 Å². The lowest BCUT2D eigenvalue weighted by Gasteiger charge is -2.01. The van der Waals surface area contributed by atoms with E-state index in [4.69, 9.17) is 4.74 Å². The topological polar surface area (TPSA) is 74.1 Å². The van der Waals surface area contributed by atoms with Crippen LogP contribution in [0.4, 0.5) is 5.69 Å². The second-order valence-corrected chi connectivity index (χ2v) is 2.92. The van der Waals surface area contributed by atoms with Gasteiger partial charge in [-0.05, 0) is 31.2 Å². The fourth-order valence-corrected chi connectivity index (χ4v) is 1.02. The molecule has 1 unspecified atom stereocenters. The molecule has 0 aliphatic carbocycles. The van der Waals surface area contributed by atoms with E-state index >= 15 is 0 Å². The zero-order valence-electron chi connectivity index (χ0n) is 7.54. The molecular formula is C8H9N2O3S-. The van der Waals surface area contributed by atoms with E-state index in [0.29, 0.717) is 12.3 Å². The van der Waals surface area contributed by atoms with Gasteiger partial charge in [0.1, 0.15) is 5.75 Å². The zero-order chi connectivity index (χ0) is 10.4. The fourth-order valence-electron chi connectivity index (χ4n) is 0.856. The lowest BCUT2D eigenvalue weighted by molar-refractivity contribution is 0.340. The number of rotatable bonds is 4. The Balaban J connectivity index is 2.68. The molecule has 5 nitrogen and oxygen atoms in total. The fraction of sp³-hybridized carbons (Fsp3) is 0.250. The van der Waals surface area contributed by atoms with Gasteiger partial charge in [0, 0.05) is 0 Å². The molecule has 0 fully saturated rings. The van der Waals surface area contributed by atoms with Gasteiger partial charge in [0.15, 0.2) is 0 Å². The first-order valence-corrected chi connectivity index (χ1v) is 4.99. The van der Waals surface area contributed by atoms with Crippen molar-refractivity contribution in [2.24, 2.45) is 9.63 Å². The Bertz CT molecular complexity index is 337. The summed E-state index contributed by atoms with van der Waals surface area (Å²) in [7, 11) is 0. The average molecular weight is 213 g/mol. The van der Waals surface area contributed by atoms with Crippen LogP contribution < -0.4 is 4.74 Å². The van der Waals surface area contributed by atoms with Crippen LogP contribution in [0.25, 0.3) is 0 Å². The van der Waals surface area contributed by atoms with E-state index in [-0.39, 0.29) is 0 Å². The van der Waals surface area contributed by atoms with Crippen molar-refractivity contribution in [3.8, 4) is 5.75 Å². The highest BCUT2D eigenvalue weighted by Gasteiger charge is 1.92. The molecule has 1 aromatic rings. The van der Waals surface area contributed by atoms with Crippen molar-refractivity contribution >= 4 is 17.0 Å². The first-order chi connectivity index (χ1) is 6.72. The quantitative estimate of drug-likeness (QED) is 0.566. The zero-order valence-corrected chi connectivity index (χ0v) is 8.36. The maximum Gasteiger partial charge on any atom is 0.119 e. The summed E-state index contributed by atoms with van der Waals surface area (Å²) in [5, 5.41) is 3.46. The summed E-state index contributed by atoms with van der Waals surface area (Å²) in [6, 6.07) is 6.65. The predicted molar refractivity (Wildman–Crippen MR) is 51.0 cm³/mol. The number of nitrogens with zero attached hydrogens (tertiary/aromatic N) is 2. The molecule has 1 rings (SSSR count). The van der Waals surface area contributed by atoms with Crippen LogP contribution in [0, 0.1) is 0 Å². The number of ether oxygens (including phenoxy) is 1.